The second kappa shape index (κ2) is 5.88. The van der Waals surface area contributed by atoms with Crippen LogP contribution in [-0.2, 0) is 13.2 Å². The number of aromatic carboxylic acids is 1. The van der Waals surface area contributed by atoms with E-state index in [-0.39, 0.29) is 5.56 Å². The molecule has 0 fully saturated rings. The third-order valence-electron chi connectivity index (χ3n) is 2.69. The minimum Gasteiger partial charge on any atom is -0.486 e. The van der Waals surface area contributed by atoms with Crippen LogP contribution in [0.2, 0.25) is 0 Å². The summed E-state index contributed by atoms with van der Waals surface area (Å²) in [6.45, 7) is 3.18. The monoisotopic (exact) mass is 324 g/mol. The van der Waals surface area contributed by atoms with E-state index in [9.17, 15) is 4.79 Å². The summed E-state index contributed by atoms with van der Waals surface area (Å²) in [5.74, 6) is -0.472. The van der Waals surface area contributed by atoms with Crippen LogP contribution in [0.1, 0.15) is 23.0 Å². The Morgan fingerprint density at radius 3 is 3.00 bits per heavy atom. The van der Waals surface area contributed by atoms with Crippen LogP contribution in [0.5, 0.6) is 5.75 Å². The first-order valence-corrected chi connectivity index (χ1v) is 6.55. The smallest absolute Gasteiger partial charge is 0.335 e. The summed E-state index contributed by atoms with van der Waals surface area (Å²) in [5, 5.41) is 8.95. The molecule has 2 rings (SSSR count). The van der Waals surface area contributed by atoms with Gasteiger partial charge >= 0.3 is 5.97 Å². The zero-order valence-corrected chi connectivity index (χ0v) is 11.9. The van der Waals surface area contributed by atoms with Crippen LogP contribution in [0.25, 0.3) is 0 Å². The molecule has 2 aromatic rings. The molecule has 5 nitrogen and oxygen atoms in total. The van der Waals surface area contributed by atoms with Crippen LogP contribution in [-0.4, -0.2) is 20.6 Å². The van der Waals surface area contributed by atoms with E-state index < -0.39 is 5.97 Å². The highest BCUT2D eigenvalue weighted by Crippen LogP contribution is 2.26. The number of hydrogen-bond acceptors (Lipinski definition) is 3. The van der Waals surface area contributed by atoms with Gasteiger partial charge in [0.05, 0.1) is 28.3 Å². The van der Waals surface area contributed by atoms with Gasteiger partial charge in [0, 0.05) is 6.54 Å². The lowest BCUT2D eigenvalue weighted by molar-refractivity contribution is 0.0696. The van der Waals surface area contributed by atoms with Gasteiger partial charge in [-0.05, 0) is 41.1 Å². The van der Waals surface area contributed by atoms with Gasteiger partial charge < -0.3 is 14.4 Å². The van der Waals surface area contributed by atoms with E-state index >= 15 is 0 Å². The van der Waals surface area contributed by atoms with Gasteiger partial charge in [-0.1, -0.05) is 0 Å². The van der Waals surface area contributed by atoms with Crippen LogP contribution in [0, 0.1) is 0 Å². The number of hydrogen-bond donors (Lipinski definition) is 1. The molecule has 0 atom stereocenters. The third kappa shape index (κ3) is 3.14. The second-order valence-electron chi connectivity index (χ2n) is 3.91. The van der Waals surface area contributed by atoms with Gasteiger partial charge in [-0.15, -0.1) is 0 Å². The highest BCUT2D eigenvalue weighted by atomic mass is 79.9. The van der Waals surface area contributed by atoms with Crippen molar-refractivity contribution in [3.8, 4) is 5.75 Å². The van der Waals surface area contributed by atoms with Gasteiger partial charge in [-0.2, -0.15) is 0 Å². The van der Waals surface area contributed by atoms with Gasteiger partial charge in [0.15, 0.2) is 0 Å². The molecule has 1 heterocycles. The topological polar surface area (TPSA) is 64.4 Å². The lowest BCUT2D eigenvalue weighted by Crippen LogP contribution is -2.05. The van der Waals surface area contributed by atoms with Gasteiger partial charge in [0.1, 0.15) is 12.4 Å². The van der Waals surface area contributed by atoms with E-state index in [2.05, 4.69) is 20.9 Å². The Morgan fingerprint density at radius 1 is 1.53 bits per heavy atom. The number of halogens is 1. The van der Waals surface area contributed by atoms with Crippen molar-refractivity contribution >= 4 is 21.9 Å². The normalized spacial score (nSPS) is 10.4. The zero-order valence-electron chi connectivity index (χ0n) is 10.3. The number of aryl methyl sites for hydroxylation is 1. The molecule has 0 aliphatic rings. The highest BCUT2D eigenvalue weighted by Gasteiger charge is 2.09. The zero-order chi connectivity index (χ0) is 13.8. The number of carbonyl (C=O) groups is 1. The quantitative estimate of drug-likeness (QED) is 0.918. The summed E-state index contributed by atoms with van der Waals surface area (Å²) >= 11 is 3.34. The van der Waals surface area contributed by atoms with Crippen molar-refractivity contribution in [3.05, 3.63) is 46.5 Å². The molecule has 0 saturated heterocycles. The maximum absolute atomic E-state index is 10.9. The first kappa shape index (κ1) is 13.6. The molecule has 0 unspecified atom stereocenters. The van der Waals surface area contributed by atoms with E-state index in [4.69, 9.17) is 9.84 Å². The van der Waals surface area contributed by atoms with Crippen LogP contribution in [0.3, 0.4) is 0 Å². The minimum absolute atomic E-state index is 0.196. The fraction of sp³-hybridized carbons (Fsp3) is 0.231. The number of rotatable bonds is 5. The Kier molecular flexibility index (Phi) is 4.21. The van der Waals surface area contributed by atoms with Crippen molar-refractivity contribution in [2.24, 2.45) is 0 Å². The molecular weight excluding hydrogens is 312 g/mol. The molecule has 19 heavy (non-hydrogen) atoms. The molecule has 100 valence electrons. The number of imidazole rings is 1. The van der Waals surface area contributed by atoms with Crippen LogP contribution < -0.4 is 4.74 Å². The second-order valence-corrected chi connectivity index (χ2v) is 4.76. The number of carboxylic acids is 1. The van der Waals surface area contributed by atoms with Gasteiger partial charge in [-0.25, -0.2) is 9.78 Å². The molecule has 0 radical (unpaired) electrons. The van der Waals surface area contributed by atoms with Crippen molar-refractivity contribution in [3.63, 3.8) is 0 Å². The lowest BCUT2D eigenvalue weighted by Gasteiger charge is -2.10. The van der Waals surface area contributed by atoms with Crippen molar-refractivity contribution in [1.29, 1.82) is 0 Å². The van der Waals surface area contributed by atoms with E-state index in [1.165, 1.54) is 12.1 Å². The van der Waals surface area contributed by atoms with E-state index in [0.29, 0.717) is 12.4 Å². The molecule has 0 aliphatic carbocycles. The summed E-state index contributed by atoms with van der Waals surface area (Å²) in [7, 11) is 0. The number of benzene rings is 1. The molecule has 1 N–H and O–H groups in total. The van der Waals surface area contributed by atoms with Crippen molar-refractivity contribution in [2.75, 3.05) is 0 Å². The summed E-state index contributed by atoms with van der Waals surface area (Å²) < 4.78 is 8.33. The average molecular weight is 325 g/mol. The Balaban J connectivity index is 2.15. The maximum atomic E-state index is 10.9. The summed E-state index contributed by atoms with van der Waals surface area (Å²) in [6, 6.07) is 4.69. The summed E-state index contributed by atoms with van der Waals surface area (Å²) in [5.41, 5.74) is 1.14. The lowest BCUT2D eigenvalue weighted by atomic mass is 10.2. The third-order valence-corrected chi connectivity index (χ3v) is 3.35. The van der Waals surface area contributed by atoms with Crippen LogP contribution >= 0.6 is 15.9 Å². The molecule has 0 saturated carbocycles. The van der Waals surface area contributed by atoms with Crippen LogP contribution in [0.15, 0.2) is 35.2 Å². The molecule has 0 amide bonds. The number of carboxylic acid groups (broad SMARTS) is 1. The number of ether oxygens (including phenoxy) is 1. The Hall–Kier alpha value is -1.82. The fourth-order valence-corrected chi connectivity index (χ4v) is 2.01. The molecule has 1 aromatic heterocycles. The van der Waals surface area contributed by atoms with Gasteiger partial charge in [0.2, 0.25) is 0 Å². The maximum Gasteiger partial charge on any atom is 0.335 e. The predicted octanol–water partition coefficient (Wildman–Crippen LogP) is 2.94. The molecule has 0 aliphatic heterocycles. The largest absolute Gasteiger partial charge is 0.486 e. The van der Waals surface area contributed by atoms with Gasteiger partial charge in [0.25, 0.3) is 0 Å². The van der Waals surface area contributed by atoms with Crippen LogP contribution in [0.4, 0.5) is 0 Å². The van der Waals surface area contributed by atoms with E-state index in [0.717, 1.165) is 16.7 Å². The van der Waals surface area contributed by atoms with Gasteiger partial charge in [-0.3, -0.25) is 0 Å². The first-order chi connectivity index (χ1) is 9.11. The minimum atomic E-state index is -0.976. The fourth-order valence-electron chi connectivity index (χ4n) is 1.65. The van der Waals surface area contributed by atoms with Crippen molar-refractivity contribution in [2.45, 2.75) is 20.1 Å². The SMILES string of the molecule is CCn1cncc1COc1cc(C(=O)O)ccc1Br. The molecule has 1 aromatic carbocycles. The molecule has 6 heteroatoms. The Morgan fingerprint density at radius 2 is 2.32 bits per heavy atom. The highest BCUT2D eigenvalue weighted by molar-refractivity contribution is 9.10. The number of aromatic nitrogens is 2. The molecule has 0 spiro atoms. The number of nitrogens with zero attached hydrogens (tertiary/aromatic N) is 2. The average Bonchev–Trinajstić information content (AvgIpc) is 2.85. The van der Waals surface area contributed by atoms with E-state index in [1.54, 1.807) is 18.6 Å². The summed E-state index contributed by atoms with van der Waals surface area (Å²) in [4.78, 5) is 15.0. The van der Waals surface area contributed by atoms with Crippen molar-refractivity contribution in [1.82, 2.24) is 9.55 Å². The first-order valence-electron chi connectivity index (χ1n) is 5.76. The predicted molar refractivity (Wildman–Crippen MR) is 73.3 cm³/mol. The molecular formula is C13H13BrN2O3. The van der Waals surface area contributed by atoms with E-state index in [1.807, 2.05) is 11.5 Å². The standard InChI is InChI=1S/C13H13BrN2O3/c1-2-16-8-15-6-10(16)7-19-12-5-9(13(17)18)3-4-11(12)14/h3-6,8H,2,7H2,1H3,(H,17,18). The van der Waals surface area contributed by atoms with Crippen molar-refractivity contribution < 1.29 is 14.6 Å². The molecule has 0 bridgehead atoms. The Labute approximate surface area is 119 Å². The Bertz CT molecular complexity index is 595. The summed E-state index contributed by atoms with van der Waals surface area (Å²) in [6.07, 6.45) is 3.47.